The molecule has 1 nitrogen and oxygen atoms in total. The zero-order valence-corrected chi connectivity index (χ0v) is 9.02. The third kappa shape index (κ3) is 2.11. The summed E-state index contributed by atoms with van der Waals surface area (Å²) < 4.78 is 0. The Morgan fingerprint density at radius 2 is 2.21 bits per heavy atom. The molecule has 1 aromatic rings. The van der Waals surface area contributed by atoms with Crippen LogP contribution in [-0.2, 0) is 0 Å². The molecule has 0 radical (unpaired) electrons. The van der Waals surface area contributed by atoms with Crippen LogP contribution in [0.3, 0.4) is 0 Å². The number of benzene rings is 1. The molecule has 3 heteroatoms. The van der Waals surface area contributed by atoms with Crippen molar-refractivity contribution >= 4 is 29.3 Å². The summed E-state index contributed by atoms with van der Waals surface area (Å²) in [6.45, 7) is 0.233. The van der Waals surface area contributed by atoms with E-state index in [2.05, 4.69) is 0 Å². The Morgan fingerprint density at radius 1 is 1.43 bits per heavy atom. The number of aliphatic hydroxyl groups is 1. The average molecular weight is 229 g/mol. The molecule has 0 bridgehead atoms. The Labute approximate surface area is 93.0 Å². The average Bonchev–Trinajstić information content (AvgIpc) is 2.89. The second kappa shape index (κ2) is 3.93. The van der Waals surface area contributed by atoms with Gasteiger partial charge in [-0.1, -0.05) is 40.9 Å². The minimum Gasteiger partial charge on any atom is -0.396 e. The summed E-state index contributed by atoms with van der Waals surface area (Å²) >= 11 is 11.8. The summed E-state index contributed by atoms with van der Waals surface area (Å²) in [6.07, 6.45) is 3.01. The van der Waals surface area contributed by atoms with Gasteiger partial charge in [-0.3, -0.25) is 0 Å². The van der Waals surface area contributed by atoms with Gasteiger partial charge < -0.3 is 5.11 Å². The van der Waals surface area contributed by atoms with Gasteiger partial charge in [-0.05, 0) is 24.1 Å². The van der Waals surface area contributed by atoms with Gasteiger partial charge in [0.2, 0.25) is 0 Å². The van der Waals surface area contributed by atoms with Crippen molar-refractivity contribution in [3.05, 3.63) is 39.4 Å². The van der Waals surface area contributed by atoms with E-state index in [0.29, 0.717) is 16.0 Å². The summed E-state index contributed by atoms with van der Waals surface area (Å²) in [6, 6.07) is 5.44. The molecular weight excluding hydrogens is 219 g/mol. The van der Waals surface area contributed by atoms with Gasteiger partial charge in [0.15, 0.2) is 0 Å². The maximum atomic E-state index is 8.87. The highest BCUT2D eigenvalue weighted by Gasteiger charge is 2.28. The Hall–Kier alpha value is -0.500. The Kier molecular flexibility index (Phi) is 2.82. The van der Waals surface area contributed by atoms with Gasteiger partial charge in [0.1, 0.15) is 0 Å². The van der Waals surface area contributed by atoms with Crippen molar-refractivity contribution in [2.24, 2.45) is 5.92 Å². The minimum absolute atomic E-state index is 0.233. The molecule has 1 aromatic carbocycles. The second-order valence-electron chi connectivity index (χ2n) is 3.47. The van der Waals surface area contributed by atoms with Crippen LogP contribution in [0, 0.1) is 5.92 Å². The molecule has 0 aromatic heterocycles. The lowest BCUT2D eigenvalue weighted by molar-refractivity contribution is 0.281. The number of hydrogen-bond donors (Lipinski definition) is 1. The first-order chi connectivity index (χ1) is 6.70. The number of hydrogen-bond acceptors (Lipinski definition) is 1. The third-order valence-electron chi connectivity index (χ3n) is 2.37. The van der Waals surface area contributed by atoms with Gasteiger partial charge in [-0.25, -0.2) is 0 Å². The molecular formula is C11H10Cl2O. The third-order valence-corrected chi connectivity index (χ3v) is 2.93. The van der Waals surface area contributed by atoms with Crippen molar-refractivity contribution in [1.82, 2.24) is 0 Å². The molecule has 74 valence electrons. The molecule has 0 aliphatic heterocycles. The van der Waals surface area contributed by atoms with Crippen LogP contribution < -0.4 is 0 Å². The lowest BCUT2D eigenvalue weighted by atomic mass is 10.2. The molecule has 1 atom stereocenters. The zero-order valence-electron chi connectivity index (χ0n) is 7.50. The van der Waals surface area contributed by atoms with Crippen LogP contribution in [0.4, 0.5) is 0 Å². The largest absolute Gasteiger partial charge is 0.396 e. The van der Waals surface area contributed by atoms with Crippen LogP contribution in [0.2, 0.25) is 10.0 Å². The Morgan fingerprint density at radius 3 is 2.79 bits per heavy atom. The van der Waals surface area contributed by atoms with Crippen LogP contribution in [0.15, 0.2) is 23.8 Å². The van der Waals surface area contributed by atoms with Crippen molar-refractivity contribution in [1.29, 1.82) is 0 Å². The van der Waals surface area contributed by atoms with E-state index in [1.165, 1.54) is 5.57 Å². The monoisotopic (exact) mass is 228 g/mol. The SMILES string of the molecule is OCC1C/C1=C\c1ccc(Cl)cc1Cl. The summed E-state index contributed by atoms with van der Waals surface area (Å²) in [5.41, 5.74) is 2.23. The van der Waals surface area contributed by atoms with Crippen LogP contribution in [0.5, 0.6) is 0 Å². The second-order valence-corrected chi connectivity index (χ2v) is 4.31. The number of aliphatic hydroxyl groups excluding tert-OH is 1. The molecule has 1 aliphatic rings. The van der Waals surface area contributed by atoms with Crippen molar-refractivity contribution in [3.63, 3.8) is 0 Å². The van der Waals surface area contributed by atoms with E-state index in [1.807, 2.05) is 18.2 Å². The highest BCUT2D eigenvalue weighted by Crippen LogP contribution is 2.39. The van der Waals surface area contributed by atoms with Crippen LogP contribution >= 0.6 is 23.2 Å². The van der Waals surface area contributed by atoms with E-state index in [-0.39, 0.29) is 6.61 Å². The zero-order chi connectivity index (χ0) is 10.1. The normalized spacial score (nSPS) is 22.8. The molecule has 2 rings (SSSR count). The summed E-state index contributed by atoms with van der Waals surface area (Å²) in [5, 5.41) is 10.2. The highest BCUT2D eigenvalue weighted by atomic mass is 35.5. The van der Waals surface area contributed by atoms with Gasteiger partial charge in [0.05, 0.1) is 0 Å². The van der Waals surface area contributed by atoms with Gasteiger partial charge in [-0.15, -0.1) is 0 Å². The summed E-state index contributed by atoms with van der Waals surface area (Å²) in [7, 11) is 0. The predicted octanol–water partition coefficient (Wildman–Crippen LogP) is 3.39. The van der Waals surface area contributed by atoms with Crippen LogP contribution in [0.25, 0.3) is 6.08 Å². The molecule has 1 N–H and O–H groups in total. The van der Waals surface area contributed by atoms with Gasteiger partial charge in [0, 0.05) is 22.6 Å². The quantitative estimate of drug-likeness (QED) is 0.824. The van der Waals surface area contributed by atoms with Crippen LogP contribution in [-0.4, -0.2) is 11.7 Å². The van der Waals surface area contributed by atoms with E-state index in [1.54, 1.807) is 6.07 Å². The van der Waals surface area contributed by atoms with Crippen molar-refractivity contribution < 1.29 is 5.11 Å². The molecule has 0 spiro atoms. The van der Waals surface area contributed by atoms with Crippen molar-refractivity contribution in [2.75, 3.05) is 6.61 Å². The lowest BCUT2D eigenvalue weighted by Crippen LogP contribution is -1.81. The number of halogens is 2. The molecule has 14 heavy (non-hydrogen) atoms. The van der Waals surface area contributed by atoms with Crippen molar-refractivity contribution in [3.8, 4) is 0 Å². The topological polar surface area (TPSA) is 20.2 Å². The van der Waals surface area contributed by atoms with E-state index < -0.39 is 0 Å². The predicted molar refractivity (Wildman–Crippen MR) is 59.6 cm³/mol. The van der Waals surface area contributed by atoms with E-state index in [0.717, 1.165) is 12.0 Å². The first-order valence-corrected chi connectivity index (χ1v) is 5.22. The highest BCUT2D eigenvalue weighted by molar-refractivity contribution is 6.35. The van der Waals surface area contributed by atoms with E-state index in [4.69, 9.17) is 28.3 Å². The first kappa shape index (κ1) is 10.0. The van der Waals surface area contributed by atoms with E-state index >= 15 is 0 Å². The van der Waals surface area contributed by atoms with E-state index in [9.17, 15) is 0 Å². The Balaban J connectivity index is 2.22. The molecule has 0 amide bonds. The minimum atomic E-state index is 0.233. The molecule has 1 saturated carbocycles. The standard InChI is InChI=1S/C11H10Cl2O/c12-10-2-1-7(11(13)5-10)3-8-4-9(8)6-14/h1-3,5,9,14H,4,6H2/b8-3+. The fourth-order valence-corrected chi connectivity index (χ4v) is 1.87. The summed E-state index contributed by atoms with van der Waals surface area (Å²) in [4.78, 5) is 0. The fourth-order valence-electron chi connectivity index (χ4n) is 1.40. The van der Waals surface area contributed by atoms with Gasteiger partial charge in [-0.2, -0.15) is 0 Å². The number of rotatable bonds is 2. The molecule has 1 aliphatic carbocycles. The fraction of sp³-hybridized carbons (Fsp3) is 0.273. The maximum Gasteiger partial charge on any atom is 0.0499 e. The van der Waals surface area contributed by atoms with Crippen molar-refractivity contribution in [2.45, 2.75) is 6.42 Å². The molecule has 1 unspecified atom stereocenters. The first-order valence-electron chi connectivity index (χ1n) is 4.47. The molecule has 0 heterocycles. The van der Waals surface area contributed by atoms with Gasteiger partial charge in [0.25, 0.3) is 0 Å². The smallest absolute Gasteiger partial charge is 0.0499 e. The molecule has 0 saturated heterocycles. The lowest BCUT2D eigenvalue weighted by Gasteiger charge is -1.97. The van der Waals surface area contributed by atoms with Crippen LogP contribution in [0.1, 0.15) is 12.0 Å². The Bertz CT molecular complexity index is 385. The molecule has 1 fully saturated rings. The summed E-state index contributed by atoms with van der Waals surface area (Å²) in [5.74, 6) is 0.349. The maximum absolute atomic E-state index is 8.87. The van der Waals surface area contributed by atoms with Gasteiger partial charge >= 0.3 is 0 Å².